The van der Waals surface area contributed by atoms with Gasteiger partial charge in [-0.05, 0) is 68.8 Å². The molecule has 9 heteroatoms. The molecule has 4 aromatic heterocycles. The third kappa shape index (κ3) is 4.45. The lowest BCUT2D eigenvalue weighted by Gasteiger charge is -2.23. The second-order valence-electron chi connectivity index (χ2n) is 8.54. The van der Waals surface area contributed by atoms with Crippen LogP contribution in [0.15, 0.2) is 53.3 Å². The van der Waals surface area contributed by atoms with E-state index in [4.69, 9.17) is 9.26 Å². The fourth-order valence-corrected chi connectivity index (χ4v) is 3.79. The van der Waals surface area contributed by atoms with Crippen molar-refractivity contribution in [3.05, 3.63) is 60.2 Å². The standard InChI is InChI=1S/C24H26N6O3/c1-15-22(24(28-33-15)32-14-20(29(2)3)19-6-4-5-10-25-19)17-9-11-30-18(12-17)13-21(27-30)26-23(31)16-7-8-16/h4-6,9-13,16,20H,7-8,14H2,1-3H3,(H,26,27,31). The molecule has 9 nitrogen and oxygen atoms in total. The van der Waals surface area contributed by atoms with E-state index < -0.39 is 0 Å². The maximum absolute atomic E-state index is 12.1. The van der Waals surface area contributed by atoms with E-state index in [1.807, 2.05) is 63.6 Å². The molecule has 1 aliphatic carbocycles. The molecule has 0 bridgehead atoms. The smallest absolute Gasteiger partial charge is 0.262 e. The molecule has 170 valence electrons. The lowest BCUT2D eigenvalue weighted by molar-refractivity contribution is -0.117. The van der Waals surface area contributed by atoms with Crippen molar-refractivity contribution < 1.29 is 14.1 Å². The Kier molecular flexibility index (Phi) is 5.55. The maximum atomic E-state index is 12.1. The molecule has 4 heterocycles. The predicted octanol–water partition coefficient (Wildman–Crippen LogP) is 3.72. The summed E-state index contributed by atoms with van der Waals surface area (Å²) < 4.78 is 13.3. The molecule has 1 fully saturated rings. The number of aryl methyl sites for hydroxylation is 1. The second kappa shape index (κ2) is 8.67. The molecule has 1 amide bonds. The molecule has 1 unspecified atom stereocenters. The molecular formula is C24H26N6O3. The normalized spacial score (nSPS) is 14.5. The lowest BCUT2D eigenvalue weighted by Crippen LogP contribution is -2.26. The van der Waals surface area contributed by atoms with Crippen LogP contribution in [0.25, 0.3) is 16.6 Å². The number of hydrogen-bond acceptors (Lipinski definition) is 7. The Morgan fingerprint density at radius 2 is 2.15 bits per heavy atom. The monoisotopic (exact) mass is 446 g/mol. The van der Waals surface area contributed by atoms with E-state index >= 15 is 0 Å². The number of fused-ring (bicyclic) bond motifs is 1. The van der Waals surface area contributed by atoms with Gasteiger partial charge in [0.05, 0.1) is 22.8 Å². The Labute approximate surface area is 191 Å². The number of ether oxygens (including phenoxy) is 1. The van der Waals surface area contributed by atoms with E-state index in [0.29, 0.717) is 24.1 Å². The van der Waals surface area contributed by atoms with E-state index in [1.165, 1.54) is 0 Å². The zero-order chi connectivity index (χ0) is 22.9. The highest BCUT2D eigenvalue weighted by Crippen LogP contribution is 2.35. The Morgan fingerprint density at radius 1 is 1.30 bits per heavy atom. The first-order valence-corrected chi connectivity index (χ1v) is 11.0. The highest BCUT2D eigenvalue weighted by Gasteiger charge is 2.30. The van der Waals surface area contributed by atoms with Gasteiger partial charge in [0, 0.05) is 24.4 Å². The Hall–Kier alpha value is -3.72. The van der Waals surface area contributed by atoms with Crippen LogP contribution in [0.3, 0.4) is 0 Å². The van der Waals surface area contributed by atoms with Crippen molar-refractivity contribution in [2.45, 2.75) is 25.8 Å². The molecule has 1 saturated carbocycles. The van der Waals surface area contributed by atoms with Gasteiger partial charge in [-0.15, -0.1) is 0 Å². The molecule has 5 rings (SSSR count). The van der Waals surface area contributed by atoms with E-state index in [1.54, 1.807) is 10.7 Å². The Bertz CT molecular complexity index is 1280. The third-order valence-corrected chi connectivity index (χ3v) is 5.81. The average molecular weight is 447 g/mol. The van der Waals surface area contributed by atoms with Crippen LogP contribution in [0.1, 0.15) is 30.3 Å². The molecule has 1 aliphatic rings. The molecule has 0 aromatic carbocycles. The highest BCUT2D eigenvalue weighted by molar-refractivity contribution is 5.93. The lowest BCUT2D eigenvalue weighted by atomic mass is 10.1. The van der Waals surface area contributed by atoms with E-state index in [0.717, 1.165) is 35.2 Å². The zero-order valence-electron chi connectivity index (χ0n) is 18.9. The van der Waals surface area contributed by atoms with Crippen LogP contribution in [0.5, 0.6) is 5.88 Å². The Balaban J connectivity index is 1.38. The predicted molar refractivity (Wildman–Crippen MR) is 123 cm³/mol. The van der Waals surface area contributed by atoms with Crippen LogP contribution in [0, 0.1) is 12.8 Å². The zero-order valence-corrected chi connectivity index (χ0v) is 18.9. The molecule has 1 N–H and O–H groups in total. The number of anilines is 1. The first kappa shape index (κ1) is 21.1. The number of nitrogens with zero attached hydrogens (tertiary/aromatic N) is 5. The van der Waals surface area contributed by atoms with Crippen molar-refractivity contribution in [1.29, 1.82) is 0 Å². The van der Waals surface area contributed by atoms with Gasteiger partial charge >= 0.3 is 0 Å². The van der Waals surface area contributed by atoms with Gasteiger partial charge < -0.3 is 14.6 Å². The number of rotatable bonds is 8. The quantitative estimate of drug-likeness (QED) is 0.440. The fourth-order valence-electron chi connectivity index (χ4n) is 3.79. The number of aromatic nitrogens is 4. The minimum absolute atomic E-state index is 0.0348. The average Bonchev–Trinajstić information content (AvgIpc) is 3.49. The topological polar surface area (TPSA) is 97.8 Å². The SMILES string of the molecule is Cc1onc(OCC(c2ccccn2)N(C)C)c1-c1ccn2nc(NC(=O)C3CC3)cc2c1. The number of carbonyl (C=O) groups is 1. The molecule has 0 saturated heterocycles. The number of amides is 1. The summed E-state index contributed by atoms with van der Waals surface area (Å²) in [4.78, 5) is 18.6. The van der Waals surface area contributed by atoms with Crippen molar-refractivity contribution in [1.82, 2.24) is 24.7 Å². The van der Waals surface area contributed by atoms with E-state index in [9.17, 15) is 4.79 Å². The van der Waals surface area contributed by atoms with Crippen molar-refractivity contribution in [3.8, 4) is 17.0 Å². The van der Waals surface area contributed by atoms with Crippen LogP contribution in [-0.4, -0.2) is 51.3 Å². The first-order chi connectivity index (χ1) is 16.0. The van der Waals surface area contributed by atoms with Crippen LogP contribution < -0.4 is 10.1 Å². The van der Waals surface area contributed by atoms with E-state index in [-0.39, 0.29) is 17.9 Å². The summed E-state index contributed by atoms with van der Waals surface area (Å²) in [5, 5.41) is 11.5. The van der Waals surface area contributed by atoms with Gasteiger partial charge in [-0.1, -0.05) is 6.07 Å². The summed E-state index contributed by atoms with van der Waals surface area (Å²) in [5.74, 6) is 1.80. The minimum Gasteiger partial charge on any atom is -0.473 e. The number of likely N-dealkylation sites (N-methyl/N-ethyl adjacent to an activating group) is 1. The number of pyridine rings is 2. The van der Waals surface area contributed by atoms with Crippen molar-refractivity contribution in [2.75, 3.05) is 26.0 Å². The fraction of sp³-hybridized carbons (Fsp3) is 0.333. The van der Waals surface area contributed by atoms with Gasteiger partial charge in [0.25, 0.3) is 5.88 Å². The molecule has 1 atom stereocenters. The molecule has 0 aliphatic heterocycles. The van der Waals surface area contributed by atoms with Crippen LogP contribution in [0.2, 0.25) is 0 Å². The summed E-state index contributed by atoms with van der Waals surface area (Å²) >= 11 is 0. The van der Waals surface area contributed by atoms with Crippen LogP contribution >= 0.6 is 0 Å². The molecule has 0 radical (unpaired) electrons. The summed E-state index contributed by atoms with van der Waals surface area (Å²) in [6, 6.07) is 11.6. The molecule has 4 aromatic rings. The number of nitrogens with one attached hydrogen (secondary N) is 1. The van der Waals surface area contributed by atoms with Gasteiger partial charge in [0.15, 0.2) is 5.82 Å². The van der Waals surface area contributed by atoms with Gasteiger partial charge in [0.1, 0.15) is 12.4 Å². The molecular weight excluding hydrogens is 420 g/mol. The van der Waals surface area contributed by atoms with Gasteiger partial charge in [-0.3, -0.25) is 14.7 Å². The summed E-state index contributed by atoms with van der Waals surface area (Å²) in [6.45, 7) is 2.23. The van der Waals surface area contributed by atoms with Gasteiger partial charge in [0.2, 0.25) is 5.91 Å². The Morgan fingerprint density at radius 3 is 2.88 bits per heavy atom. The second-order valence-corrected chi connectivity index (χ2v) is 8.54. The third-order valence-electron chi connectivity index (χ3n) is 5.81. The highest BCUT2D eigenvalue weighted by atomic mass is 16.5. The number of carbonyl (C=O) groups excluding carboxylic acids is 1. The van der Waals surface area contributed by atoms with Crippen LogP contribution in [0.4, 0.5) is 5.82 Å². The van der Waals surface area contributed by atoms with Gasteiger partial charge in [-0.25, -0.2) is 4.52 Å². The minimum atomic E-state index is -0.0361. The van der Waals surface area contributed by atoms with Crippen molar-refractivity contribution in [3.63, 3.8) is 0 Å². The first-order valence-electron chi connectivity index (χ1n) is 11.0. The number of hydrogen-bond donors (Lipinski definition) is 1. The maximum Gasteiger partial charge on any atom is 0.262 e. The summed E-state index contributed by atoms with van der Waals surface area (Å²) in [6.07, 6.45) is 5.53. The van der Waals surface area contributed by atoms with E-state index in [2.05, 4.69) is 25.5 Å². The molecule has 33 heavy (non-hydrogen) atoms. The van der Waals surface area contributed by atoms with Crippen molar-refractivity contribution >= 4 is 17.2 Å². The van der Waals surface area contributed by atoms with Crippen LogP contribution in [-0.2, 0) is 4.79 Å². The summed E-state index contributed by atoms with van der Waals surface area (Å²) in [5.41, 5.74) is 3.46. The van der Waals surface area contributed by atoms with Crippen molar-refractivity contribution in [2.24, 2.45) is 5.92 Å². The summed E-state index contributed by atoms with van der Waals surface area (Å²) in [7, 11) is 3.98. The van der Waals surface area contributed by atoms with Gasteiger partial charge in [-0.2, -0.15) is 5.10 Å². The molecule has 0 spiro atoms. The largest absolute Gasteiger partial charge is 0.473 e.